The van der Waals surface area contributed by atoms with E-state index < -0.39 is 10.3 Å². The third kappa shape index (κ3) is 10.7. The van der Waals surface area contributed by atoms with Gasteiger partial charge < -0.3 is 5.48 Å². The van der Waals surface area contributed by atoms with Gasteiger partial charge in [0.05, 0.1) is 0 Å². The molecule has 0 aliphatic heterocycles. The van der Waals surface area contributed by atoms with Crippen LogP contribution in [0.4, 0.5) is 0 Å². The van der Waals surface area contributed by atoms with Crippen molar-refractivity contribution < 1.29 is 18.4 Å². The number of hydrogen-bond donors (Lipinski definition) is 3. The molecule has 7 heteroatoms. The molecule has 6 nitrogen and oxygen atoms in total. The molecule has 46 valence electrons. The van der Waals surface area contributed by atoms with E-state index in [2.05, 4.69) is 5.84 Å². The van der Waals surface area contributed by atoms with Crippen LogP contribution in [0.5, 0.6) is 0 Å². The fraction of sp³-hybridized carbons (Fsp3) is 0. The van der Waals surface area contributed by atoms with Crippen LogP contribution in [0.25, 0.3) is 0 Å². The van der Waals surface area contributed by atoms with Crippen molar-refractivity contribution in [2.75, 3.05) is 0 Å². The summed E-state index contributed by atoms with van der Waals surface area (Å²) in [7, 11) is -4.13. The molecule has 0 spiro atoms. The quantitative estimate of drug-likeness (QED) is 0.205. The molecule has 0 radical (unpaired) electrons. The molecule has 0 rings (SSSR count). The highest BCUT2D eigenvalue weighted by atomic mass is 32.2. The Hall–Kier alpha value is -0.210. The van der Waals surface area contributed by atoms with E-state index in [-0.39, 0.29) is 5.48 Å². The minimum absolute atomic E-state index is 0. The van der Waals surface area contributed by atoms with Crippen molar-refractivity contribution in [3.8, 4) is 0 Å². The summed E-state index contributed by atoms with van der Waals surface area (Å²) >= 11 is 0. The van der Waals surface area contributed by atoms with Crippen LogP contribution >= 0.6 is 0 Å². The fourth-order valence-corrected chi connectivity index (χ4v) is 0. The van der Waals surface area contributed by atoms with Crippen LogP contribution in [0.2, 0.25) is 0 Å². The highest BCUT2D eigenvalue weighted by Gasteiger charge is 1.91. The van der Waals surface area contributed by atoms with Crippen molar-refractivity contribution in [2.24, 2.45) is 5.84 Å². The van der Waals surface area contributed by atoms with Crippen molar-refractivity contribution in [2.45, 2.75) is 0 Å². The van der Waals surface area contributed by atoms with Gasteiger partial charge in [-0.05, 0) is 0 Å². The van der Waals surface area contributed by atoms with Gasteiger partial charge in [-0.3, -0.25) is 10.4 Å². The summed E-state index contributed by atoms with van der Waals surface area (Å²) in [6.07, 6.45) is 0. The highest BCUT2D eigenvalue weighted by Crippen LogP contribution is 1.58. The maximum Gasteiger partial charge on any atom is 0.346 e. The third-order valence-corrected chi connectivity index (χ3v) is 0.447. The van der Waals surface area contributed by atoms with Gasteiger partial charge in [0.25, 0.3) is 0 Å². The van der Waals surface area contributed by atoms with E-state index in [1.54, 1.807) is 0 Å². The SMILES string of the molecule is NNS(=O)(=O)O.O. The average Bonchev–Trinajstić information content (AvgIpc) is 1.35. The Labute approximate surface area is 40.5 Å². The molecule has 0 aromatic carbocycles. The minimum Gasteiger partial charge on any atom is -0.412 e. The standard InChI is InChI=1S/H4N2O3S.H2O/c1-2-6(3,4)5;/h2H,1H2,(H,3,4,5);1H2. The summed E-state index contributed by atoms with van der Waals surface area (Å²) in [6, 6.07) is 0. The Morgan fingerprint density at radius 3 is 1.71 bits per heavy atom. The first-order chi connectivity index (χ1) is 2.56. The van der Waals surface area contributed by atoms with E-state index >= 15 is 0 Å². The van der Waals surface area contributed by atoms with Crippen LogP contribution < -0.4 is 10.7 Å². The van der Waals surface area contributed by atoms with Crippen LogP contribution in [0.3, 0.4) is 0 Å². The maximum atomic E-state index is 9.32. The van der Waals surface area contributed by atoms with Crippen LogP contribution in [0.1, 0.15) is 0 Å². The number of rotatable bonds is 1. The zero-order valence-corrected chi connectivity index (χ0v) is 4.07. The smallest absolute Gasteiger partial charge is 0.346 e. The molecule has 0 saturated heterocycles. The molecular weight excluding hydrogens is 124 g/mol. The van der Waals surface area contributed by atoms with Gasteiger partial charge in [-0.25, -0.2) is 0 Å². The van der Waals surface area contributed by atoms with Crippen molar-refractivity contribution in [3.05, 3.63) is 0 Å². The first kappa shape index (κ1) is 9.92. The normalized spacial score (nSPS) is 10.0. The Morgan fingerprint density at radius 1 is 1.57 bits per heavy atom. The van der Waals surface area contributed by atoms with E-state index in [1.807, 2.05) is 0 Å². The molecule has 0 aliphatic rings. The van der Waals surface area contributed by atoms with Crippen molar-refractivity contribution >= 4 is 10.3 Å². The topological polar surface area (TPSA) is 124 Å². The summed E-state index contributed by atoms with van der Waals surface area (Å²) in [5, 5.41) is 0. The van der Waals surface area contributed by atoms with Gasteiger partial charge in [0.1, 0.15) is 0 Å². The molecule has 7 heavy (non-hydrogen) atoms. The van der Waals surface area contributed by atoms with E-state index in [0.29, 0.717) is 0 Å². The number of hydrazine groups is 1. The molecule has 0 heterocycles. The van der Waals surface area contributed by atoms with Crippen LogP contribution in [0.15, 0.2) is 0 Å². The van der Waals surface area contributed by atoms with E-state index in [4.69, 9.17) is 4.55 Å². The lowest BCUT2D eigenvalue weighted by Crippen LogP contribution is -2.29. The molecule has 0 aromatic heterocycles. The summed E-state index contributed by atoms with van der Waals surface area (Å²) in [5.41, 5.74) is 0. The minimum atomic E-state index is -4.13. The van der Waals surface area contributed by atoms with Gasteiger partial charge in [0.15, 0.2) is 0 Å². The van der Waals surface area contributed by atoms with Gasteiger partial charge in [0, 0.05) is 0 Å². The lowest BCUT2D eigenvalue weighted by Gasteiger charge is -1.83. The second kappa shape index (κ2) is 2.88. The predicted molar refractivity (Wildman–Crippen MR) is 22.5 cm³/mol. The average molecular weight is 130 g/mol. The van der Waals surface area contributed by atoms with Crippen molar-refractivity contribution in [1.29, 1.82) is 0 Å². The van der Waals surface area contributed by atoms with E-state index in [1.165, 1.54) is 0 Å². The largest absolute Gasteiger partial charge is 0.412 e. The van der Waals surface area contributed by atoms with Crippen molar-refractivity contribution in [3.63, 3.8) is 0 Å². The molecule has 0 bridgehead atoms. The predicted octanol–water partition coefficient (Wildman–Crippen LogP) is -2.57. The molecule has 0 saturated carbocycles. The van der Waals surface area contributed by atoms with Crippen molar-refractivity contribution in [1.82, 2.24) is 4.83 Å². The Morgan fingerprint density at radius 2 is 1.71 bits per heavy atom. The molecule has 0 aromatic rings. The molecule has 0 atom stereocenters. The maximum absolute atomic E-state index is 9.32. The van der Waals surface area contributed by atoms with E-state index in [9.17, 15) is 8.42 Å². The Balaban J connectivity index is 0. The van der Waals surface area contributed by atoms with Gasteiger partial charge in [-0.1, -0.05) is 0 Å². The van der Waals surface area contributed by atoms with Gasteiger partial charge in [-0.2, -0.15) is 8.42 Å². The third-order valence-electron chi connectivity index (χ3n) is 0.149. The summed E-state index contributed by atoms with van der Waals surface area (Å²) in [6.45, 7) is 0. The van der Waals surface area contributed by atoms with Crippen LogP contribution in [-0.4, -0.2) is 18.4 Å². The second-order valence-corrected chi connectivity index (χ2v) is 1.78. The van der Waals surface area contributed by atoms with Gasteiger partial charge in [-0.15, -0.1) is 4.83 Å². The van der Waals surface area contributed by atoms with E-state index in [0.717, 1.165) is 4.83 Å². The lowest BCUT2D eigenvalue weighted by atomic mass is 13.0. The van der Waals surface area contributed by atoms with Crippen LogP contribution in [-0.2, 0) is 10.3 Å². The summed E-state index contributed by atoms with van der Waals surface area (Å²) in [5.74, 6) is 4.22. The number of hydrogen-bond acceptors (Lipinski definition) is 3. The van der Waals surface area contributed by atoms with Crippen LogP contribution in [0, 0.1) is 0 Å². The summed E-state index contributed by atoms with van der Waals surface area (Å²) < 4.78 is 26.2. The molecule has 0 amide bonds. The number of nitrogens with one attached hydrogen (secondary N) is 1. The zero-order valence-electron chi connectivity index (χ0n) is 3.25. The molecule has 0 aliphatic carbocycles. The first-order valence-electron chi connectivity index (χ1n) is 1.01. The molecule has 6 N–H and O–H groups in total. The van der Waals surface area contributed by atoms with Gasteiger partial charge in [0.2, 0.25) is 0 Å². The second-order valence-electron chi connectivity index (χ2n) is 0.593. The summed E-state index contributed by atoms with van der Waals surface area (Å²) in [4.78, 5) is 1.13. The molecule has 0 unspecified atom stereocenters. The Kier molecular flexibility index (Phi) is 4.08. The zero-order chi connectivity index (χ0) is 5.21. The Bertz CT molecular complexity index is 112. The highest BCUT2D eigenvalue weighted by molar-refractivity contribution is 7.83. The fourth-order valence-electron chi connectivity index (χ4n) is 0. The van der Waals surface area contributed by atoms with Gasteiger partial charge >= 0.3 is 10.3 Å². The lowest BCUT2D eigenvalue weighted by molar-refractivity contribution is 0.469. The number of nitrogens with two attached hydrogens (primary N) is 1. The molecular formula is H6N2O4S. The monoisotopic (exact) mass is 130 g/mol. The molecule has 0 fully saturated rings. The first-order valence-corrected chi connectivity index (χ1v) is 2.45.